The molecule has 1 aromatic carbocycles. The molecule has 18 heavy (non-hydrogen) atoms. The molecule has 5 nitrogen and oxygen atoms in total. The maximum atomic E-state index is 12.0. The number of ether oxygens (including phenoxy) is 1. The van der Waals surface area contributed by atoms with Crippen molar-refractivity contribution in [1.82, 2.24) is 10.6 Å². The lowest BCUT2D eigenvalue weighted by Crippen LogP contribution is -2.42. The van der Waals surface area contributed by atoms with E-state index in [0.717, 1.165) is 11.3 Å². The summed E-state index contributed by atoms with van der Waals surface area (Å²) >= 11 is 0. The van der Waals surface area contributed by atoms with Gasteiger partial charge in [-0.25, -0.2) is 0 Å². The Morgan fingerprint density at radius 1 is 1.44 bits per heavy atom. The summed E-state index contributed by atoms with van der Waals surface area (Å²) in [5.41, 5.74) is 1.02. The second kappa shape index (κ2) is 4.59. The van der Waals surface area contributed by atoms with Gasteiger partial charge in [0.2, 0.25) is 5.91 Å². The topological polar surface area (TPSA) is 70.6 Å². The molecule has 0 spiro atoms. The predicted molar refractivity (Wildman–Crippen MR) is 65.2 cm³/mol. The third kappa shape index (κ3) is 2.07. The van der Waals surface area contributed by atoms with Gasteiger partial charge < -0.3 is 20.5 Å². The molecular weight excluding hydrogens is 232 g/mol. The van der Waals surface area contributed by atoms with E-state index in [4.69, 9.17) is 4.74 Å². The van der Waals surface area contributed by atoms with Gasteiger partial charge in [-0.15, -0.1) is 0 Å². The van der Waals surface area contributed by atoms with Crippen molar-refractivity contribution in [3.8, 4) is 5.75 Å². The van der Waals surface area contributed by atoms with Gasteiger partial charge in [-0.3, -0.25) is 4.79 Å². The van der Waals surface area contributed by atoms with Gasteiger partial charge in [0.05, 0.1) is 18.2 Å². The summed E-state index contributed by atoms with van der Waals surface area (Å²) < 4.78 is 5.51. The molecule has 3 rings (SSSR count). The van der Waals surface area contributed by atoms with Gasteiger partial charge in [0, 0.05) is 12.1 Å². The molecule has 0 unspecified atom stereocenters. The lowest BCUT2D eigenvalue weighted by molar-refractivity contribution is -0.123. The highest BCUT2D eigenvalue weighted by atomic mass is 16.5. The van der Waals surface area contributed by atoms with Crippen LogP contribution in [-0.2, 0) is 4.79 Å². The number of nitrogens with one attached hydrogen (secondary N) is 2. The molecule has 1 amide bonds. The SMILES string of the molecule is O=C(N[C@@H]1COc2ccccc21)[C@H]1C[C@H](O)CN1. The zero-order valence-corrected chi connectivity index (χ0v) is 9.93. The van der Waals surface area contributed by atoms with Crippen LogP contribution in [0.15, 0.2) is 24.3 Å². The summed E-state index contributed by atoms with van der Waals surface area (Å²) in [5, 5.41) is 15.4. The van der Waals surface area contributed by atoms with Crippen LogP contribution in [0, 0.1) is 0 Å². The van der Waals surface area contributed by atoms with Crippen molar-refractivity contribution >= 4 is 5.91 Å². The number of β-amino-alcohol motifs (C(OH)–C–C–N with tert-alkyl or cyclic N) is 1. The van der Waals surface area contributed by atoms with Crippen molar-refractivity contribution in [3.05, 3.63) is 29.8 Å². The number of aliphatic hydroxyl groups is 1. The summed E-state index contributed by atoms with van der Waals surface area (Å²) in [6.45, 7) is 0.955. The van der Waals surface area contributed by atoms with Crippen LogP contribution in [0.3, 0.4) is 0 Å². The fourth-order valence-corrected chi connectivity index (χ4v) is 2.47. The van der Waals surface area contributed by atoms with Gasteiger partial charge in [0.1, 0.15) is 12.4 Å². The standard InChI is InChI=1S/C13H16N2O3/c16-8-5-10(14-6-8)13(17)15-11-7-18-12-4-2-1-3-9(11)12/h1-4,8,10-11,14,16H,5-7H2,(H,15,17)/t8-,10+,11+/m0/s1. The van der Waals surface area contributed by atoms with E-state index in [1.165, 1.54) is 0 Å². The predicted octanol–water partition coefficient (Wildman–Crippen LogP) is -0.0409. The molecule has 1 saturated heterocycles. The fourth-order valence-electron chi connectivity index (χ4n) is 2.47. The number of hydrogen-bond acceptors (Lipinski definition) is 4. The van der Waals surface area contributed by atoms with Crippen molar-refractivity contribution in [3.63, 3.8) is 0 Å². The number of para-hydroxylation sites is 1. The van der Waals surface area contributed by atoms with E-state index in [9.17, 15) is 9.90 Å². The van der Waals surface area contributed by atoms with Crippen molar-refractivity contribution in [2.45, 2.75) is 24.6 Å². The Morgan fingerprint density at radius 2 is 2.28 bits per heavy atom. The number of hydrogen-bond donors (Lipinski definition) is 3. The first-order chi connectivity index (χ1) is 8.74. The lowest BCUT2D eigenvalue weighted by atomic mass is 10.1. The van der Waals surface area contributed by atoms with E-state index < -0.39 is 6.10 Å². The van der Waals surface area contributed by atoms with E-state index >= 15 is 0 Å². The molecule has 2 heterocycles. The number of rotatable bonds is 2. The van der Waals surface area contributed by atoms with Crippen LogP contribution >= 0.6 is 0 Å². The number of fused-ring (bicyclic) bond motifs is 1. The molecule has 3 atom stereocenters. The lowest BCUT2D eigenvalue weighted by Gasteiger charge is -2.15. The van der Waals surface area contributed by atoms with Crippen LogP contribution in [0.1, 0.15) is 18.0 Å². The van der Waals surface area contributed by atoms with E-state index in [0.29, 0.717) is 19.6 Å². The van der Waals surface area contributed by atoms with Crippen molar-refractivity contribution in [2.24, 2.45) is 0 Å². The zero-order chi connectivity index (χ0) is 12.5. The van der Waals surface area contributed by atoms with E-state index in [1.807, 2.05) is 24.3 Å². The van der Waals surface area contributed by atoms with Crippen LogP contribution < -0.4 is 15.4 Å². The van der Waals surface area contributed by atoms with Crippen molar-refractivity contribution < 1.29 is 14.6 Å². The Bertz CT molecular complexity index is 463. The quantitative estimate of drug-likeness (QED) is 0.687. The molecule has 2 aliphatic heterocycles. The number of aliphatic hydroxyl groups excluding tert-OH is 1. The van der Waals surface area contributed by atoms with E-state index in [2.05, 4.69) is 10.6 Å². The average molecular weight is 248 g/mol. The molecule has 0 radical (unpaired) electrons. The molecule has 0 bridgehead atoms. The molecule has 5 heteroatoms. The molecule has 96 valence electrons. The van der Waals surface area contributed by atoms with Crippen LogP contribution in [0.5, 0.6) is 5.75 Å². The van der Waals surface area contributed by atoms with Gasteiger partial charge >= 0.3 is 0 Å². The molecule has 1 fully saturated rings. The van der Waals surface area contributed by atoms with E-state index in [-0.39, 0.29) is 18.0 Å². The first kappa shape index (κ1) is 11.5. The summed E-state index contributed by atoms with van der Waals surface area (Å²) in [6, 6.07) is 7.33. The Labute approximate surface area is 105 Å². The zero-order valence-electron chi connectivity index (χ0n) is 9.93. The first-order valence-electron chi connectivity index (χ1n) is 6.17. The van der Waals surface area contributed by atoms with Gasteiger partial charge in [0.25, 0.3) is 0 Å². The maximum Gasteiger partial charge on any atom is 0.237 e. The largest absolute Gasteiger partial charge is 0.491 e. The van der Waals surface area contributed by atoms with Crippen molar-refractivity contribution in [2.75, 3.05) is 13.2 Å². The molecule has 0 aliphatic carbocycles. The highest BCUT2D eigenvalue weighted by molar-refractivity contribution is 5.82. The van der Waals surface area contributed by atoms with Gasteiger partial charge in [-0.1, -0.05) is 18.2 Å². The Morgan fingerprint density at radius 3 is 3.06 bits per heavy atom. The monoisotopic (exact) mass is 248 g/mol. The van der Waals surface area contributed by atoms with Gasteiger partial charge in [-0.05, 0) is 12.5 Å². The fraction of sp³-hybridized carbons (Fsp3) is 0.462. The minimum atomic E-state index is -0.423. The smallest absolute Gasteiger partial charge is 0.237 e. The molecular formula is C13H16N2O3. The van der Waals surface area contributed by atoms with Gasteiger partial charge in [-0.2, -0.15) is 0 Å². The first-order valence-corrected chi connectivity index (χ1v) is 6.17. The highest BCUT2D eigenvalue weighted by Gasteiger charge is 2.31. The molecule has 0 aromatic heterocycles. The molecule has 0 saturated carbocycles. The Hall–Kier alpha value is -1.59. The third-order valence-electron chi connectivity index (χ3n) is 3.44. The Balaban J connectivity index is 1.66. The summed E-state index contributed by atoms with van der Waals surface area (Å²) in [6.07, 6.45) is 0.0500. The van der Waals surface area contributed by atoms with E-state index in [1.54, 1.807) is 0 Å². The number of carbonyl (C=O) groups excluding carboxylic acids is 1. The average Bonchev–Trinajstić information content (AvgIpc) is 2.97. The normalized spacial score (nSPS) is 29.7. The summed E-state index contributed by atoms with van der Waals surface area (Å²) in [4.78, 5) is 12.0. The molecule has 3 N–H and O–H groups in total. The Kier molecular flexibility index (Phi) is 2.93. The summed E-state index contributed by atoms with van der Waals surface area (Å²) in [7, 11) is 0. The van der Waals surface area contributed by atoms with Crippen LogP contribution in [-0.4, -0.2) is 36.3 Å². The van der Waals surface area contributed by atoms with Crippen LogP contribution in [0.2, 0.25) is 0 Å². The molecule has 1 aromatic rings. The third-order valence-corrected chi connectivity index (χ3v) is 3.44. The van der Waals surface area contributed by atoms with Crippen LogP contribution in [0.4, 0.5) is 0 Å². The summed E-state index contributed by atoms with van der Waals surface area (Å²) in [5.74, 6) is 0.763. The number of amides is 1. The minimum Gasteiger partial charge on any atom is -0.491 e. The number of carbonyl (C=O) groups is 1. The maximum absolute atomic E-state index is 12.0. The second-order valence-corrected chi connectivity index (χ2v) is 4.76. The number of benzene rings is 1. The van der Waals surface area contributed by atoms with Crippen molar-refractivity contribution in [1.29, 1.82) is 0 Å². The second-order valence-electron chi connectivity index (χ2n) is 4.76. The highest BCUT2D eigenvalue weighted by Crippen LogP contribution is 2.31. The minimum absolute atomic E-state index is 0.0724. The molecule has 2 aliphatic rings. The van der Waals surface area contributed by atoms with Crippen LogP contribution in [0.25, 0.3) is 0 Å². The van der Waals surface area contributed by atoms with Gasteiger partial charge in [0.15, 0.2) is 0 Å².